The number of hydrogen-bond donors (Lipinski definition) is 0. The summed E-state index contributed by atoms with van der Waals surface area (Å²) < 4.78 is 15.4. The van der Waals surface area contributed by atoms with Crippen LogP contribution in [0.1, 0.15) is 51.3 Å². The molecule has 8 heteroatoms. The van der Waals surface area contributed by atoms with E-state index in [-0.39, 0.29) is 31.4 Å². The first kappa shape index (κ1) is 19.1. The highest BCUT2D eigenvalue weighted by molar-refractivity contribution is 5.81. The summed E-state index contributed by atoms with van der Waals surface area (Å²) >= 11 is 0. The molecule has 146 valence electrons. The van der Waals surface area contributed by atoms with Gasteiger partial charge < -0.3 is 18.6 Å². The molecule has 2 aromatic rings. The standard InChI is InChI=1S/C19H25N3O5/c1-2-22(14-7-4-3-5-8-14)17(23)13-26-18(24)11-10-16-20-19(21-27-16)15-9-6-12-25-15/h6,9,12,14H,2-5,7-8,10-11,13H2,1H3. The lowest BCUT2D eigenvalue weighted by molar-refractivity contribution is -0.153. The van der Waals surface area contributed by atoms with Gasteiger partial charge in [0.05, 0.1) is 12.7 Å². The summed E-state index contributed by atoms with van der Waals surface area (Å²) in [5, 5.41) is 3.80. The average Bonchev–Trinajstić information content (AvgIpc) is 3.37. The van der Waals surface area contributed by atoms with Gasteiger partial charge >= 0.3 is 5.97 Å². The maximum Gasteiger partial charge on any atom is 0.306 e. The molecule has 8 nitrogen and oxygen atoms in total. The fraction of sp³-hybridized carbons (Fsp3) is 0.579. The SMILES string of the molecule is CCN(C(=O)COC(=O)CCc1nc(-c2ccco2)no1)C1CCCCC1. The number of hydrogen-bond acceptors (Lipinski definition) is 7. The normalized spacial score (nSPS) is 14.9. The van der Waals surface area contributed by atoms with Crippen LogP contribution in [-0.2, 0) is 20.7 Å². The van der Waals surface area contributed by atoms with Crippen molar-refractivity contribution in [3.63, 3.8) is 0 Å². The number of aromatic nitrogens is 2. The molecule has 1 aliphatic carbocycles. The lowest BCUT2D eigenvalue weighted by atomic mass is 9.94. The molecule has 27 heavy (non-hydrogen) atoms. The average molecular weight is 375 g/mol. The maximum atomic E-state index is 12.4. The number of furan rings is 1. The van der Waals surface area contributed by atoms with Crippen molar-refractivity contribution in [2.24, 2.45) is 0 Å². The molecule has 1 saturated carbocycles. The third-order valence-corrected chi connectivity index (χ3v) is 4.79. The number of likely N-dealkylation sites (N-methyl/N-ethyl adjacent to an activating group) is 1. The van der Waals surface area contributed by atoms with Gasteiger partial charge in [-0.3, -0.25) is 9.59 Å². The van der Waals surface area contributed by atoms with E-state index in [9.17, 15) is 9.59 Å². The highest BCUT2D eigenvalue weighted by Gasteiger charge is 2.24. The number of carbonyl (C=O) groups excluding carboxylic acids is 2. The summed E-state index contributed by atoms with van der Waals surface area (Å²) in [6.45, 7) is 2.38. The Bertz CT molecular complexity index is 734. The van der Waals surface area contributed by atoms with E-state index in [1.54, 1.807) is 12.1 Å². The molecule has 0 bridgehead atoms. The Balaban J connectivity index is 1.42. The fourth-order valence-electron chi connectivity index (χ4n) is 3.40. The van der Waals surface area contributed by atoms with Crippen molar-refractivity contribution < 1.29 is 23.3 Å². The molecule has 2 aromatic heterocycles. The molecule has 0 aliphatic heterocycles. The highest BCUT2D eigenvalue weighted by Crippen LogP contribution is 2.22. The van der Waals surface area contributed by atoms with Crippen molar-refractivity contribution in [1.82, 2.24) is 15.0 Å². The van der Waals surface area contributed by atoms with Crippen molar-refractivity contribution in [3.05, 3.63) is 24.3 Å². The number of nitrogens with zero attached hydrogens (tertiary/aromatic N) is 3. The summed E-state index contributed by atoms with van der Waals surface area (Å²) in [6.07, 6.45) is 7.44. The minimum atomic E-state index is -0.458. The van der Waals surface area contributed by atoms with Crippen LogP contribution in [0, 0.1) is 0 Å². The molecule has 0 unspecified atom stereocenters. The molecule has 0 aromatic carbocycles. The van der Waals surface area contributed by atoms with E-state index < -0.39 is 5.97 Å². The minimum Gasteiger partial charge on any atom is -0.461 e. The smallest absolute Gasteiger partial charge is 0.306 e. The van der Waals surface area contributed by atoms with E-state index in [0.29, 0.717) is 24.0 Å². The maximum absolute atomic E-state index is 12.4. The predicted molar refractivity (Wildman–Crippen MR) is 95.5 cm³/mol. The molecular formula is C19H25N3O5. The summed E-state index contributed by atoms with van der Waals surface area (Å²) in [6, 6.07) is 3.72. The van der Waals surface area contributed by atoms with Gasteiger partial charge in [0, 0.05) is 19.0 Å². The van der Waals surface area contributed by atoms with Gasteiger partial charge in [0.15, 0.2) is 12.4 Å². The van der Waals surface area contributed by atoms with Gasteiger partial charge in [0.2, 0.25) is 11.7 Å². The monoisotopic (exact) mass is 375 g/mol. The Hall–Kier alpha value is -2.64. The first-order valence-electron chi connectivity index (χ1n) is 9.49. The Morgan fingerprint density at radius 1 is 1.30 bits per heavy atom. The topological polar surface area (TPSA) is 98.7 Å². The van der Waals surface area contributed by atoms with Gasteiger partial charge in [-0.1, -0.05) is 24.4 Å². The van der Waals surface area contributed by atoms with E-state index in [2.05, 4.69) is 10.1 Å². The lowest BCUT2D eigenvalue weighted by Crippen LogP contribution is -2.43. The van der Waals surface area contributed by atoms with Crippen LogP contribution in [0.4, 0.5) is 0 Å². The van der Waals surface area contributed by atoms with Gasteiger partial charge in [0.1, 0.15) is 0 Å². The summed E-state index contributed by atoms with van der Waals surface area (Å²) in [5.74, 6) is 0.573. The van der Waals surface area contributed by atoms with Crippen molar-refractivity contribution in [1.29, 1.82) is 0 Å². The van der Waals surface area contributed by atoms with Crippen molar-refractivity contribution in [2.75, 3.05) is 13.2 Å². The van der Waals surface area contributed by atoms with Crippen LogP contribution in [0.2, 0.25) is 0 Å². The van der Waals surface area contributed by atoms with Crippen LogP contribution in [0.15, 0.2) is 27.3 Å². The second-order valence-electron chi connectivity index (χ2n) is 6.62. The first-order chi connectivity index (χ1) is 13.2. The minimum absolute atomic E-state index is 0.0720. The van der Waals surface area contributed by atoms with Crippen LogP contribution in [-0.4, -0.2) is 46.1 Å². The van der Waals surface area contributed by atoms with Gasteiger partial charge in [-0.2, -0.15) is 4.98 Å². The van der Waals surface area contributed by atoms with Crippen LogP contribution in [0.5, 0.6) is 0 Å². The molecule has 0 radical (unpaired) electrons. The van der Waals surface area contributed by atoms with Gasteiger partial charge in [-0.15, -0.1) is 0 Å². The van der Waals surface area contributed by atoms with Gasteiger partial charge in [-0.25, -0.2) is 0 Å². The Morgan fingerprint density at radius 2 is 2.11 bits per heavy atom. The number of amides is 1. The summed E-state index contributed by atoms with van der Waals surface area (Å²) in [5.41, 5.74) is 0. The lowest BCUT2D eigenvalue weighted by Gasteiger charge is -2.33. The van der Waals surface area contributed by atoms with Crippen molar-refractivity contribution in [3.8, 4) is 11.6 Å². The molecule has 0 spiro atoms. The van der Waals surface area contributed by atoms with Crippen LogP contribution >= 0.6 is 0 Å². The quantitative estimate of drug-likeness (QED) is 0.654. The molecule has 3 rings (SSSR count). The van der Waals surface area contributed by atoms with Crippen LogP contribution in [0.3, 0.4) is 0 Å². The molecule has 2 heterocycles. The molecule has 0 saturated heterocycles. The summed E-state index contributed by atoms with van der Waals surface area (Å²) in [4.78, 5) is 30.3. The Morgan fingerprint density at radius 3 is 2.81 bits per heavy atom. The van der Waals surface area contributed by atoms with E-state index >= 15 is 0 Å². The zero-order valence-corrected chi connectivity index (χ0v) is 15.6. The molecule has 1 fully saturated rings. The summed E-state index contributed by atoms with van der Waals surface area (Å²) in [7, 11) is 0. The number of aryl methyl sites for hydroxylation is 1. The predicted octanol–water partition coefficient (Wildman–Crippen LogP) is 2.99. The number of esters is 1. The van der Waals surface area contributed by atoms with E-state index in [0.717, 1.165) is 25.7 Å². The zero-order chi connectivity index (χ0) is 19.1. The van der Waals surface area contributed by atoms with E-state index in [1.807, 2.05) is 11.8 Å². The van der Waals surface area contributed by atoms with Crippen LogP contribution < -0.4 is 0 Å². The first-order valence-corrected chi connectivity index (χ1v) is 9.49. The third-order valence-electron chi connectivity index (χ3n) is 4.79. The van der Waals surface area contributed by atoms with Crippen molar-refractivity contribution >= 4 is 11.9 Å². The second kappa shape index (κ2) is 9.34. The second-order valence-corrected chi connectivity index (χ2v) is 6.62. The molecule has 1 amide bonds. The highest BCUT2D eigenvalue weighted by atomic mass is 16.5. The van der Waals surface area contributed by atoms with E-state index in [4.69, 9.17) is 13.7 Å². The third kappa shape index (κ3) is 5.18. The number of carbonyl (C=O) groups is 2. The van der Waals surface area contributed by atoms with E-state index in [1.165, 1.54) is 12.7 Å². The van der Waals surface area contributed by atoms with Crippen molar-refractivity contribution in [2.45, 2.75) is 57.9 Å². The number of ether oxygens (including phenoxy) is 1. The molecule has 0 atom stereocenters. The molecule has 1 aliphatic rings. The Labute approximate surface area is 157 Å². The van der Waals surface area contributed by atoms with Crippen LogP contribution in [0.25, 0.3) is 11.6 Å². The molecule has 0 N–H and O–H groups in total. The molecular weight excluding hydrogens is 350 g/mol. The largest absolute Gasteiger partial charge is 0.461 e. The zero-order valence-electron chi connectivity index (χ0n) is 15.6. The van der Waals surface area contributed by atoms with Gasteiger partial charge in [-0.05, 0) is 31.9 Å². The Kier molecular flexibility index (Phi) is 6.62. The van der Waals surface area contributed by atoms with Gasteiger partial charge in [0.25, 0.3) is 5.91 Å². The number of rotatable bonds is 8. The fourth-order valence-corrected chi connectivity index (χ4v) is 3.40.